The first kappa shape index (κ1) is 20.4. The van der Waals surface area contributed by atoms with Gasteiger partial charge in [0.15, 0.2) is 0 Å². The van der Waals surface area contributed by atoms with Crippen LogP contribution in [0.1, 0.15) is 48.4 Å². The molecule has 0 aromatic heterocycles. The van der Waals surface area contributed by atoms with E-state index in [9.17, 15) is 4.79 Å². The van der Waals surface area contributed by atoms with E-state index in [0.29, 0.717) is 12.2 Å². The minimum absolute atomic E-state index is 0.289. The largest absolute Gasteiger partial charge is 0.462 e. The minimum atomic E-state index is -0.289. The summed E-state index contributed by atoms with van der Waals surface area (Å²) < 4.78 is 5.21. The summed E-state index contributed by atoms with van der Waals surface area (Å²) in [5.74, 6) is -0.289. The molecule has 0 heterocycles. The number of benzene rings is 4. The summed E-state index contributed by atoms with van der Waals surface area (Å²) in [4.78, 5) is 11.5. The number of ether oxygens (including phenoxy) is 1. The molecule has 0 fully saturated rings. The Balaban J connectivity index is 1.62. The van der Waals surface area contributed by atoms with Crippen LogP contribution in [0, 0.1) is 20.8 Å². The fourth-order valence-corrected chi connectivity index (χ4v) is 4.74. The van der Waals surface area contributed by atoms with Crippen LogP contribution in [0.3, 0.4) is 0 Å². The molecule has 2 heteroatoms. The van der Waals surface area contributed by atoms with E-state index in [1.807, 2.05) is 0 Å². The quantitative estimate of drug-likeness (QED) is 0.141. The summed E-state index contributed by atoms with van der Waals surface area (Å²) in [6, 6.07) is 13.9. The molecule has 4 rings (SSSR count). The van der Waals surface area contributed by atoms with Crippen LogP contribution < -0.4 is 0 Å². The van der Waals surface area contributed by atoms with Crippen molar-refractivity contribution in [3.05, 3.63) is 70.8 Å². The van der Waals surface area contributed by atoms with Crippen molar-refractivity contribution < 1.29 is 9.53 Å². The van der Waals surface area contributed by atoms with Crippen molar-refractivity contribution >= 4 is 38.3 Å². The highest BCUT2D eigenvalue weighted by Crippen LogP contribution is 2.40. The zero-order valence-corrected chi connectivity index (χ0v) is 18.5. The lowest BCUT2D eigenvalue weighted by Crippen LogP contribution is -2.06. The molecule has 4 aromatic carbocycles. The van der Waals surface area contributed by atoms with Crippen molar-refractivity contribution in [2.45, 2.75) is 53.4 Å². The summed E-state index contributed by atoms with van der Waals surface area (Å²) in [5, 5.41) is 8.31. The van der Waals surface area contributed by atoms with E-state index in [1.54, 1.807) is 6.92 Å². The molecule has 2 nitrogen and oxygen atoms in total. The van der Waals surface area contributed by atoms with Crippen LogP contribution in [0.25, 0.3) is 32.3 Å². The van der Waals surface area contributed by atoms with Gasteiger partial charge in [0.05, 0.1) is 6.61 Å². The molecule has 0 unspecified atom stereocenters. The molecule has 30 heavy (non-hydrogen) atoms. The normalized spacial score (nSPS) is 11.6. The molecule has 4 aromatic rings. The monoisotopic (exact) mass is 398 g/mol. The molecule has 154 valence electrons. The van der Waals surface area contributed by atoms with Gasteiger partial charge in [-0.1, -0.05) is 43.0 Å². The maximum Gasteiger partial charge on any atom is 0.333 e. The van der Waals surface area contributed by atoms with Gasteiger partial charge >= 0.3 is 5.97 Å². The third kappa shape index (κ3) is 3.56. The van der Waals surface area contributed by atoms with Crippen molar-refractivity contribution in [3.8, 4) is 0 Å². The number of hydrogen-bond acceptors (Lipinski definition) is 2. The summed E-state index contributed by atoms with van der Waals surface area (Å²) in [7, 11) is 0. The summed E-state index contributed by atoms with van der Waals surface area (Å²) in [6.07, 6.45) is 4.07. The molecule has 0 bridgehead atoms. The lowest BCUT2D eigenvalue weighted by Gasteiger charge is -2.18. The molecule has 0 aliphatic heterocycles. The van der Waals surface area contributed by atoms with Crippen molar-refractivity contribution in [2.24, 2.45) is 0 Å². The molecule has 0 saturated carbocycles. The number of esters is 1. The van der Waals surface area contributed by atoms with Gasteiger partial charge in [0.25, 0.3) is 0 Å². The van der Waals surface area contributed by atoms with Gasteiger partial charge in [0, 0.05) is 5.57 Å². The van der Waals surface area contributed by atoms with Gasteiger partial charge in [-0.05, 0) is 108 Å². The van der Waals surface area contributed by atoms with E-state index in [1.165, 1.54) is 54.6 Å². The molecule has 0 saturated heterocycles. The Morgan fingerprint density at radius 2 is 1.33 bits per heavy atom. The second-order valence-electron chi connectivity index (χ2n) is 8.66. The topological polar surface area (TPSA) is 26.3 Å². The van der Waals surface area contributed by atoms with E-state index in [-0.39, 0.29) is 5.97 Å². The van der Waals surface area contributed by atoms with Crippen LogP contribution in [0.2, 0.25) is 0 Å². The van der Waals surface area contributed by atoms with Crippen LogP contribution in [0.15, 0.2) is 48.6 Å². The van der Waals surface area contributed by atoms with E-state index in [4.69, 9.17) is 4.74 Å². The Morgan fingerprint density at radius 3 is 1.93 bits per heavy atom. The van der Waals surface area contributed by atoms with Crippen molar-refractivity contribution in [1.82, 2.24) is 0 Å². The predicted octanol–water partition coefficient (Wildman–Crippen LogP) is 7.34. The summed E-state index contributed by atoms with van der Waals surface area (Å²) >= 11 is 0. The number of rotatable bonds is 7. The fraction of sp³-hybridized carbons (Fsp3) is 0.321. The minimum Gasteiger partial charge on any atom is -0.462 e. The van der Waals surface area contributed by atoms with E-state index in [0.717, 1.165) is 25.7 Å². The smallest absolute Gasteiger partial charge is 0.333 e. The Hall–Kier alpha value is -2.87. The highest BCUT2D eigenvalue weighted by molar-refractivity contribution is 6.25. The van der Waals surface area contributed by atoms with Crippen LogP contribution in [0.5, 0.6) is 0 Å². The summed E-state index contributed by atoms with van der Waals surface area (Å²) in [6.45, 7) is 12.4. The lowest BCUT2D eigenvalue weighted by molar-refractivity contribution is -0.139. The van der Waals surface area contributed by atoms with Crippen LogP contribution in [-0.4, -0.2) is 12.6 Å². The van der Waals surface area contributed by atoms with E-state index < -0.39 is 0 Å². The first-order valence-corrected chi connectivity index (χ1v) is 10.9. The average molecular weight is 399 g/mol. The van der Waals surface area contributed by atoms with Crippen LogP contribution in [0.4, 0.5) is 0 Å². The Morgan fingerprint density at radius 1 is 0.800 bits per heavy atom. The van der Waals surface area contributed by atoms with Crippen molar-refractivity contribution in [1.29, 1.82) is 0 Å². The average Bonchev–Trinajstić information content (AvgIpc) is 2.72. The Kier molecular flexibility index (Phi) is 5.51. The standard InChI is InChI=1S/C28H30O2/c1-17(2)28(29)30-14-8-6-7-9-21-16-20(5)24-11-10-22-18(3)15-19(4)23-12-13-25(21)27(24)26(22)23/h10-13,15-16H,1,6-9,14H2,2-5H3. The predicted molar refractivity (Wildman–Crippen MR) is 128 cm³/mol. The first-order chi connectivity index (χ1) is 14.4. The van der Waals surface area contributed by atoms with Gasteiger partial charge in [-0.2, -0.15) is 0 Å². The molecule has 0 atom stereocenters. The maximum absolute atomic E-state index is 11.5. The number of aryl methyl sites for hydroxylation is 4. The van der Waals surface area contributed by atoms with Crippen LogP contribution >= 0.6 is 0 Å². The van der Waals surface area contributed by atoms with Crippen molar-refractivity contribution in [2.75, 3.05) is 6.61 Å². The molecule has 0 spiro atoms. The van der Waals surface area contributed by atoms with E-state index >= 15 is 0 Å². The molecule has 0 aliphatic carbocycles. The first-order valence-electron chi connectivity index (χ1n) is 10.9. The zero-order chi connectivity index (χ0) is 21.4. The molecule has 0 amide bonds. The number of carbonyl (C=O) groups is 1. The molecule has 0 aliphatic rings. The molecular formula is C28H30O2. The molecule has 0 N–H and O–H groups in total. The van der Waals surface area contributed by atoms with Gasteiger partial charge in [-0.15, -0.1) is 0 Å². The fourth-order valence-electron chi connectivity index (χ4n) is 4.74. The van der Waals surface area contributed by atoms with Crippen molar-refractivity contribution in [3.63, 3.8) is 0 Å². The van der Waals surface area contributed by atoms with Gasteiger partial charge < -0.3 is 4.74 Å². The highest BCUT2D eigenvalue weighted by Gasteiger charge is 2.15. The zero-order valence-electron chi connectivity index (χ0n) is 18.5. The number of hydrogen-bond donors (Lipinski definition) is 0. The van der Waals surface area contributed by atoms with Gasteiger partial charge in [-0.25, -0.2) is 4.79 Å². The van der Waals surface area contributed by atoms with Crippen LogP contribution in [-0.2, 0) is 16.0 Å². The summed E-state index contributed by atoms with van der Waals surface area (Å²) in [5.41, 5.74) is 5.93. The molecule has 0 radical (unpaired) electrons. The highest BCUT2D eigenvalue weighted by atomic mass is 16.5. The molecular weight excluding hydrogens is 368 g/mol. The van der Waals surface area contributed by atoms with Gasteiger partial charge in [-0.3, -0.25) is 0 Å². The second kappa shape index (κ2) is 8.10. The Labute approximate surface area is 178 Å². The van der Waals surface area contributed by atoms with E-state index in [2.05, 4.69) is 63.7 Å². The third-order valence-corrected chi connectivity index (χ3v) is 6.28. The second-order valence-corrected chi connectivity index (χ2v) is 8.66. The maximum atomic E-state index is 11.5. The SMILES string of the molecule is C=C(C)C(=O)OCCCCCc1cc(C)c2ccc3c(C)cc(C)c4ccc1c2c34. The van der Waals surface area contributed by atoms with Gasteiger partial charge in [0.2, 0.25) is 0 Å². The number of unbranched alkanes of at least 4 members (excludes halogenated alkanes) is 2. The Bertz CT molecular complexity index is 1240. The third-order valence-electron chi connectivity index (χ3n) is 6.28. The number of carbonyl (C=O) groups excluding carboxylic acids is 1. The lowest BCUT2D eigenvalue weighted by atomic mass is 9.86. The van der Waals surface area contributed by atoms with Gasteiger partial charge in [0.1, 0.15) is 0 Å².